The smallest absolute Gasteiger partial charge is 0.317 e. The molecule has 4 nitrogen and oxygen atoms in total. The topological polar surface area (TPSA) is 52.6 Å². The molecular formula is C13H16O4. The second-order valence-electron chi connectivity index (χ2n) is 6.23. The van der Waals surface area contributed by atoms with E-state index in [0.717, 1.165) is 25.7 Å². The SMILES string of the molecule is O=C1CC(=O)OC23CC4CC(CC(C4)C2O1)C3. The lowest BCUT2D eigenvalue weighted by molar-refractivity contribution is -0.225. The standard InChI is InChI=1S/C13H16O4/c14-10-4-11(15)17-13-5-7-1-8(6-13)3-9(2-7)12(13)16-10/h7-9,12H,1-6H2. The number of hydrogen-bond donors (Lipinski definition) is 0. The van der Waals surface area contributed by atoms with E-state index < -0.39 is 11.6 Å². The summed E-state index contributed by atoms with van der Waals surface area (Å²) in [6.07, 6.45) is 5.01. The molecule has 0 N–H and O–H groups in total. The quantitative estimate of drug-likeness (QED) is 0.471. The number of ether oxygens (including phenoxy) is 2. The molecule has 1 spiro atoms. The molecule has 1 heterocycles. The third-order valence-corrected chi connectivity index (χ3v) is 5.02. The first kappa shape index (κ1) is 9.92. The van der Waals surface area contributed by atoms with Gasteiger partial charge in [-0.2, -0.15) is 0 Å². The lowest BCUT2D eigenvalue weighted by atomic mass is 9.53. The zero-order valence-corrected chi connectivity index (χ0v) is 9.69. The molecule has 0 radical (unpaired) electrons. The van der Waals surface area contributed by atoms with Crippen molar-refractivity contribution in [3.8, 4) is 0 Å². The van der Waals surface area contributed by atoms with Crippen molar-refractivity contribution in [1.82, 2.24) is 0 Å². The van der Waals surface area contributed by atoms with Gasteiger partial charge in [-0.15, -0.1) is 0 Å². The van der Waals surface area contributed by atoms with E-state index in [0.29, 0.717) is 17.8 Å². The Bertz CT molecular complexity index is 388. The summed E-state index contributed by atoms with van der Waals surface area (Å²) in [7, 11) is 0. The molecule has 92 valence electrons. The Kier molecular flexibility index (Phi) is 1.77. The highest BCUT2D eigenvalue weighted by atomic mass is 16.6. The van der Waals surface area contributed by atoms with Crippen molar-refractivity contribution < 1.29 is 19.1 Å². The van der Waals surface area contributed by atoms with Gasteiger partial charge < -0.3 is 9.47 Å². The molecule has 0 aromatic rings. The largest absolute Gasteiger partial charge is 0.457 e. The molecule has 1 aliphatic heterocycles. The van der Waals surface area contributed by atoms with Gasteiger partial charge in [0.25, 0.3) is 0 Å². The van der Waals surface area contributed by atoms with E-state index in [4.69, 9.17) is 9.47 Å². The van der Waals surface area contributed by atoms with Crippen molar-refractivity contribution in [2.75, 3.05) is 0 Å². The second-order valence-corrected chi connectivity index (χ2v) is 6.23. The fourth-order valence-electron chi connectivity index (χ4n) is 4.83. The normalized spacial score (nSPS) is 51.5. The van der Waals surface area contributed by atoms with E-state index in [9.17, 15) is 9.59 Å². The van der Waals surface area contributed by atoms with Crippen LogP contribution in [0.5, 0.6) is 0 Å². The van der Waals surface area contributed by atoms with E-state index in [1.54, 1.807) is 0 Å². The highest BCUT2D eigenvalue weighted by Gasteiger charge is 2.62. The molecule has 5 rings (SSSR count). The Morgan fingerprint density at radius 3 is 2.41 bits per heavy atom. The average Bonchev–Trinajstić information content (AvgIpc) is 2.32. The Balaban J connectivity index is 1.76. The van der Waals surface area contributed by atoms with Crippen LogP contribution in [0.4, 0.5) is 0 Å². The van der Waals surface area contributed by atoms with Crippen LogP contribution in [-0.4, -0.2) is 23.6 Å². The Morgan fingerprint density at radius 2 is 1.71 bits per heavy atom. The molecule has 4 aliphatic carbocycles. The van der Waals surface area contributed by atoms with Crippen LogP contribution in [0.25, 0.3) is 0 Å². The van der Waals surface area contributed by atoms with Crippen molar-refractivity contribution in [2.24, 2.45) is 17.8 Å². The maximum absolute atomic E-state index is 11.6. The number of hydrogen-bond acceptors (Lipinski definition) is 4. The zero-order chi connectivity index (χ0) is 11.6. The molecule has 5 fully saturated rings. The lowest BCUT2D eigenvalue weighted by Gasteiger charge is -2.58. The molecule has 4 bridgehead atoms. The summed E-state index contributed by atoms with van der Waals surface area (Å²) >= 11 is 0. The minimum absolute atomic E-state index is 0.158. The Hall–Kier alpha value is -1.06. The van der Waals surface area contributed by atoms with E-state index in [2.05, 4.69) is 0 Å². The van der Waals surface area contributed by atoms with E-state index in [1.807, 2.05) is 0 Å². The highest BCUT2D eigenvalue weighted by Crippen LogP contribution is 2.58. The molecule has 4 heteroatoms. The maximum atomic E-state index is 11.6. The first-order valence-corrected chi connectivity index (χ1v) is 6.56. The molecule has 17 heavy (non-hydrogen) atoms. The van der Waals surface area contributed by atoms with Gasteiger partial charge in [-0.3, -0.25) is 9.59 Å². The summed E-state index contributed by atoms with van der Waals surface area (Å²) in [4.78, 5) is 23.2. The molecule has 3 unspecified atom stereocenters. The number of carbonyl (C=O) groups is 2. The first-order valence-electron chi connectivity index (χ1n) is 6.56. The van der Waals surface area contributed by atoms with Crippen LogP contribution in [-0.2, 0) is 19.1 Å². The summed E-state index contributed by atoms with van der Waals surface area (Å²) in [6.45, 7) is 0. The first-order chi connectivity index (χ1) is 8.14. The number of carbonyl (C=O) groups excluding carboxylic acids is 2. The predicted molar refractivity (Wildman–Crippen MR) is 56.9 cm³/mol. The average molecular weight is 236 g/mol. The molecule has 0 aromatic carbocycles. The van der Waals surface area contributed by atoms with Crippen LogP contribution in [0.1, 0.15) is 38.5 Å². The minimum atomic E-state index is -0.460. The van der Waals surface area contributed by atoms with Crippen LogP contribution in [0.2, 0.25) is 0 Å². The molecule has 4 saturated carbocycles. The molecule has 0 aromatic heterocycles. The minimum Gasteiger partial charge on any atom is -0.457 e. The summed E-state index contributed by atoms with van der Waals surface area (Å²) in [5, 5.41) is 0. The lowest BCUT2D eigenvalue weighted by Crippen LogP contribution is -2.62. The Morgan fingerprint density at radius 1 is 1.00 bits per heavy atom. The maximum Gasteiger partial charge on any atom is 0.317 e. The fourth-order valence-corrected chi connectivity index (χ4v) is 4.83. The molecule has 3 atom stereocenters. The molecule has 0 amide bonds. The monoisotopic (exact) mass is 236 g/mol. The van der Waals surface area contributed by atoms with E-state index in [-0.39, 0.29) is 18.5 Å². The predicted octanol–water partition coefficient (Wildman–Crippen LogP) is 1.42. The van der Waals surface area contributed by atoms with E-state index in [1.165, 1.54) is 6.42 Å². The zero-order valence-electron chi connectivity index (χ0n) is 9.69. The van der Waals surface area contributed by atoms with Gasteiger partial charge in [0.2, 0.25) is 0 Å². The molecule has 1 saturated heterocycles. The van der Waals surface area contributed by atoms with Gasteiger partial charge in [0, 0.05) is 5.92 Å². The van der Waals surface area contributed by atoms with Gasteiger partial charge in [-0.25, -0.2) is 0 Å². The van der Waals surface area contributed by atoms with Crippen LogP contribution >= 0.6 is 0 Å². The third kappa shape index (κ3) is 1.30. The summed E-state index contributed by atoms with van der Waals surface area (Å²) in [6, 6.07) is 0. The Labute approximate surface area is 99.6 Å². The van der Waals surface area contributed by atoms with Crippen molar-refractivity contribution in [3.63, 3.8) is 0 Å². The van der Waals surface area contributed by atoms with Gasteiger partial charge >= 0.3 is 11.9 Å². The molecule has 5 aliphatic rings. The third-order valence-electron chi connectivity index (χ3n) is 5.02. The van der Waals surface area contributed by atoms with Crippen LogP contribution in [0.15, 0.2) is 0 Å². The van der Waals surface area contributed by atoms with Crippen LogP contribution < -0.4 is 0 Å². The van der Waals surface area contributed by atoms with Crippen molar-refractivity contribution in [3.05, 3.63) is 0 Å². The van der Waals surface area contributed by atoms with Crippen molar-refractivity contribution in [2.45, 2.75) is 50.2 Å². The fraction of sp³-hybridized carbons (Fsp3) is 0.846. The van der Waals surface area contributed by atoms with Gasteiger partial charge in [0.05, 0.1) is 0 Å². The van der Waals surface area contributed by atoms with Crippen LogP contribution in [0, 0.1) is 17.8 Å². The highest BCUT2D eigenvalue weighted by molar-refractivity contribution is 5.92. The van der Waals surface area contributed by atoms with Crippen LogP contribution in [0.3, 0.4) is 0 Å². The summed E-state index contributed by atoms with van der Waals surface area (Å²) < 4.78 is 11.2. The summed E-state index contributed by atoms with van der Waals surface area (Å²) in [5.74, 6) is 0.988. The number of rotatable bonds is 0. The van der Waals surface area contributed by atoms with Gasteiger partial charge in [0.1, 0.15) is 18.1 Å². The summed E-state index contributed by atoms with van der Waals surface area (Å²) in [5.41, 5.74) is -0.460. The second kappa shape index (κ2) is 3.03. The van der Waals surface area contributed by atoms with Gasteiger partial charge in [0.15, 0.2) is 0 Å². The van der Waals surface area contributed by atoms with Gasteiger partial charge in [-0.1, -0.05) is 0 Å². The van der Waals surface area contributed by atoms with Gasteiger partial charge in [-0.05, 0) is 43.9 Å². The molecular weight excluding hydrogens is 220 g/mol. The van der Waals surface area contributed by atoms with E-state index >= 15 is 0 Å². The van der Waals surface area contributed by atoms with Crippen molar-refractivity contribution in [1.29, 1.82) is 0 Å². The van der Waals surface area contributed by atoms with Crippen molar-refractivity contribution >= 4 is 11.9 Å². The number of esters is 2.